The summed E-state index contributed by atoms with van der Waals surface area (Å²) in [7, 11) is 0. The summed E-state index contributed by atoms with van der Waals surface area (Å²) in [5.74, 6) is -1.06. The Morgan fingerprint density at radius 3 is 1.21 bits per heavy atom. The molecule has 0 heterocycles. The van der Waals surface area contributed by atoms with Gasteiger partial charge in [-0.05, 0) is 58.1 Å². The molecule has 0 atom stereocenters. The van der Waals surface area contributed by atoms with Gasteiger partial charge in [0.15, 0.2) is 0 Å². The average Bonchev–Trinajstić information content (AvgIpc) is 2.89. The maximum absolute atomic E-state index is 10.5. The van der Waals surface area contributed by atoms with Gasteiger partial charge in [0.1, 0.15) is 11.5 Å². The van der Waals surface area contributed by atoms with E-state index in [4.69, 9.17) is 29.9 Å². The topological polar surface area (TPSA) is 174 Å². The predicted molar refractivity (Wildman–Crippen MR) is 161 cm³/mol. The summed E-state index contributed by atoms with van der Waals surface area (Å²) >= 11 is 0. The molecule has 42 heavy (non-hydrogen) atoms. The second-order valence-corrected chi connectivity index (χ2v) is 11.7. The summed E-state index contributed by atoms with van der Waals surface area (Å²) in [4.78, 5) is 20.9. The number of rotatable bonds is 13. The van der Waals surface area contributed by atoms with E-state index in [1.807, 2.05) is 53.7 Å². The lowest BCUT2D eigenvalue weighted by atomic mass is 9.85. The number of aliphatic hydroxyl groups is 2. The van der Waals surface area contributed by atoms with Crippen molar-refractivity contribution in [3.05, 3.63) is 58.7 Å². The lowest BCUT2D eigenvalue weighted by Crippen LogP contribution is -2.12. The molecule has 238 valence electrons. The van der Waals surface area contributed by atoms with E-state index in [-0.39, 0.29) is 48.4 Å². The molecule has 6 N–H and O–H groups in total. The molecule has 0 amide bonds. The first-order valence-electron chi connectivity index (χ1n) is 14.0. The zero-order valence-electron chi connectivity index (χ0n) is 25.9. The van der Waals surface area contributed by atoms with Crippen LogP contribution in [-0.2, 0) is 42.7 Å². The molecule has 2 aromatic rings. The van der Waals surface area contributed by atoms with E-state index in [2.05, 4.69) is 0 Å². The van der Waals surface area contributed by atoms with Gasteiger partial charge in [0.2, 0.25) is 0 Å². The monoisotopic (exact) mass is 594 g/mol. The predicted octanol–water partition coefficient (Wildman–Crippen LogP) is 4.42. The van der Waals surface area contributed by atoms with Crippen molar-refractivity contribution in [3.8, 4) is 11.5 Å². The van der Waals surface area contributed by atoms with E-state index in [1.165, 1.54) is 0 Å². The molecule has 0 fully saturated rings. The molecule has 0 bridgehead atoms. The number of aromatic hydroxyl groups is 2. The third-order valence-corrected chi connectivity index (χ3v) is 5.84. The lowest BCUT2D eigenvalue weighted by Gasteiger charge is -2.21. The molecule has 0 aliphatic carbocycles. The molecule has 0 aliphatic heterocycles. The minimum Gasteiger partial charge on any atom is -0.508 e. The standard InChI is InChI=1S/2C13H18O3.C6H14O4/c2*1-13(2,3)10-8-9(4-6-11(10)14)5-7-12(15)16;7-1-3-9-5-6-10-4-2-8/h2*4,6,8,14H,5,7H2,1-3H3,(H,15,16);7-8H,1-6H2. The molecule has 0 unspecified atom stereocenters. The zero-order chi connectivity index (χ0) is 32.3. The SMILES string of the molecule is CC(C)(C)c1cc(CCC(=O)O)ccc1O.CC(C)(C)c1cc(CCC(=O)O)ccc1O.OCCOCCOCCO. The van der Waals surface area contributed by atoms with Crippen LogP contribution in [0, 0.1) is 0 Å². The van der Waals surface area contributed by atoms with E-state index in [0.29, 0.717) is 39.3 Å². The summed E-state index contributed by atoms with van der Waals surface area (Å²) in [5.41, 5.74) is 3.34. The van der Waals surface area contributed by atoms with E-state index >= 15 is 0 Å². The van der Waals surface area contributed by atoms with Gasteiger partial charge in [-0.15, -0.1) is 0 Å². The molecule has 0 spiro atoms. The number of aliphatic hydroxyl groups excluding tert-OH is 2. The highest BCUT2D eigenvalue weighted by molar-refractivity contribution is 5.67. The smallest absolute Gasteiger partial charge is 0.303 e. The molecular weight excluding hydrogens is 544 g/mol. The van der Waals surface area contributed by atoms with Crippen LogP contribution < -0.4 is 0 Å². The Hall–Kier alpha value is -3.18. The number of hydrogen-bond acceptors (Lipinski definition) is 8. The van der Waals surface area contributed by atoms with Gasteiger partial charge in [0.05, 0.1) is 39.6 Å². The lowest BCUT2D eigenvalue weighted by molar-refractivity contribution is -0.138. The maximum atomic E-state index is 10.5. The third-order valence-electron chi connectivity index (χ3n) is 5.84. The number of aryl methyl sites for hydroxylation is 2. The zero-order valence-corrected chi connectivity index (χ0v) is 25.9. The van der Waals surface area contributed by atoms with Crippen LogP contribution in [0.2, 0.25) is 0 Å². The highest BCUT2D eigenvalue weighted by Crippen LogP contribution is 2.32. The van der Waals surface area contributed by atoms with Crippen LogP contribution in [0.3, 0.4) is 0 Å². The fourth-order valence-electron chi connectivity index (χ4n) is 3.63. The number of phenolic OH excluding ortho intramolecular Hbond substituents is 2. The fraction of sp³-hybridized carbons (Fsp3) is 0.562. The van der Waals surface area contributed by atoms with Crippen LogP contribution in [0.15, 0.2) is 36.4 Å². The van der Waals surface area contributed by atoms with Crippen molar-refractivity contribution in [1.29, 1.82) is 0 Å². The van der Waals surface area contributed by atoms with Crippen molar-refractivity contribution in [1.82, 2.24) is 0 Å². The summed E-state index contributed by atoms with van der Waals surface area (Å²) in [5, 5.41) is 53.2. The minimum atomic E-state index is -0.801. The van der Waals surface area contributed by atoms with Crippen molar-refractivity contribution < 1.29 is 49.7 Å². The Morgan fingerprint density at radius 1 is 0.619 bits per heavy atom. The van der Waals surface area contributed by atoms with Gasteiger partial charge in [0, 0.05) is 12.8 Å². The first-order valence-corrected chi connectivity index (χ1v) is 14.0. The van der Waals surface area contributed by atoms with Crippen molar-refractivity contribution in [3.63, 3.8) is 0 Å². The normalized spacial score (nSPS) is 11.1. The summed E-state index contributed by atoms with van der Waals surface area (Å²) in [6.45, 7) is 13.8. The van der Waals surface area contributed by atoms with Gasteiger partial charge >= 0.3 is 11.9 Å². The van der Waals surface area contributed by atoms with Crippen LogP contribution in [0.25, 0.3) is 0 Å². The van der Waals surface area contributed by atoms with E-state index in [1.54, 1.807) is 24.3 Å². The average molecular weight is 595 g/mol. The van der Waals surface area contributed by atoms with E-state index in [9.17, 15) is 19.8 Å². The Balaban J connectivity index is 0.000000620. The number of aliphatic carboxylic acids is 2. The Labute approximate surface area is 249 Å². The number of phenols is 2. The number of carboxylic acids is 2. The maximum Gasteiger partial charge on any atom is 0.303 e. The molecule has 10 heteroatoms. The van der Waals surface area contributed by atoms with Gasteiger partial charge in [-0.25, -0.2) is 0 Å². The van der Waals surface area contributed by atoms with Crippen LogP contribution in [0.4, 0.5) is 0 Å². The first-order chi connectivity index (χ1) is 19.5. The van der Waals surface area contributed by atoms with Crippen LogP contribution in [-0.4, -0.2) is 82.2 Å². The summed E-state index contributed by atoms with van der Waals surface area (Å²) < 4.78 is 9.75. The highest BCUT2D eigenvalue weighted by atomic mass is 16.5. The van der Waals surface area contributed by atoms with Crippen molar-refractivity contribution >= 4 is 11.9 Å². The van der Waals surface area contributed by atoms with Crippen LogP contribution in [0.1, 0.15) is 76.6 Å². The largest absolute Gasteiger partial charge is 0.508 e. The summed E-state index contributed by atoms with van der Waals surface area (Å²) in [6, 6.07) is 10.6. The molecule has 0 saturated heterocycles. The number of carboxylic acid groups (broad SMARTS) is 2. The molecule has 0 radical (unpaired) electrons. The highest BCUT2D eigenvalue weighted by Gasteiger charge is 2.19. The molecule has 2 aromatic carbocycles. The quantitative estimate of drug-likeness (QED) is 0.182. The van der Waals surface area contributed by atoms with Crippen LogP contribution >= 0.6 is 0 Å². The number of ether oxygens (including phenoxy) is 2. The number of carbonyl (C=O) groups is 2. The van der Waals surface area contributed by atoms with Gasteiger partial charge in [-0.2, -0.15) is 0 Å². The number of hydrogen-bond donors (Lipinski definition) is 6. The Morgan fingerprint density at radius 2 is 0.952 bits per heavy atom. The summed E-state index contributed by atoms with van der Waals surface area (Å²) in [6.07, 6.45) is 1.24. The van der Waals surface area contributed by atoms with Gasteiger partial charge in [-0.1, -0.05) is 65.8 Å². The van der Waals surface area contributed by atoms with E-state index in [0.717, 1.165) is 22.3 Å². The molecule has 0 aromatic heterocycles. The first kappa shape index (κ1) is 38.8. The minimum absolute atomic E-state index is 0.0417. The Bertz CT molecular complexity index is 982. The molecule has 10 nitrogen and oxygen atoms in total. The number of benzene rings is 2. The molecule has 0 saturated carbocycles. The van der Waals surface area contributed by atoms with Crippen molar-refractivity contribution in [2.24, 2.45) is 0 Å². The Kier molecular flexibility index (Phi) is 18.3. The second-order valence-electron chi connectivity index (χ2n) is 11.7. The second kappa shape index (κ2) is 19.9. The van der Waals surface area contributed by atoms with Gasteiger partial charge in [0.25, 0.3) is 0 Å². The fourth-order valence-corrected chi connectivity index (χ4v) is 3.63. The molecular formula is C32H50O10. The van der Waals surface area contributed by atoms with Gasteiger partial charge < -0.3 is 40.1 Å². The molecule has 2 rings (SSSR count). The van der Waals surface area contributed by atoms with Gasteiger partial charge in [-0.3, -0.25) is 9.59 Å². The third kappa shape index (κ3) is 17.6. The van der Waals surface area contributed by atoms with Crippen molar-refractivity contribution in [2.45, 2.75) is 78.1 Å². The van der Waals surface area contributed by atoms with Crippen molar-refractivity contribution in [2.75, 3.05) is 39.6 Å². The molecule has 0 aliphatic rings. The van der Waals surface area contributed by atoms with Crippen LogP contribution in [0.5, 0.6) is 11.5 Å². The van der Waals surface area contributed by atoms with E-state index < -0.39 is 11.9 Å².